The minimum absolute atomic E-state index is 0.275. The molecule has 110 valence electrons. The number of hydrogen-bond acceptors (Lipinski definition) is 2. The molecule has 0 amide bonds. The van der Waals surface area contributed by atoms with Gasteiger partial charge >= 0.3 is 5.97 Å². The summed E-state index contributed by atoms with van der Waals surface area (Å²) in [7, 11) is 1.84. The van der Waals surface area contributed by atoms with E-state index in [1.165, 1.54) is 5.56 Å². The van der Waals surface area contributed by atoms with E-state index >= 15 is 0 Å². The Balaban J connectivity index is 2.15. The molecule has 1 aromatic heterocycles. The van der Waals surface area contributed by atoms with Gasteiger partial charge in [0.1, 0.15) is 0 Å². The van der Waals surface area contributed by atoms with Crippen LogP contribution in [0, 0.1) is 6.92 Å². The molecule has 0 atom stereocenters. The first-order chi connectivity index (χ1) is 10.5. The van der Waals surface area contributed by atoms with Crippen molar-refractivity contribution in [3.63, 3.8) is 0 Å². The van der Waals surface area contributed by atoms with Crippen molar-refractivity contribution in [3.8, 4) is 22.3 Å². The fourth-order valence-electron chi connectivity index (χ4n) is 2.40. The molecular formula is C18H16N2O2. The van der Waals surface area contributed by atoms with Crippen molar-refractivity contribution in [2.75, 3.05) is 0 Å². The third-order valence-electron chi connectivity index (χ3n) is 3.60. The fourth-order valence-corrected chi connectivity index (χ4v) is 2.40. The first kappa shape index (κ1) is 14.1. The van der Waals surface area contributed by atoms with Crippen molar-refractivity contribution in [2.45, 2.75) is 6.92 Å². The number of carboxylic acids is 1. The molecule has 2 aromatic carbocycles. The van der Waals surface area contributed by atoms with Gasteiger partial charge in [-0.05, 0) is 41.8 Å². The molecule has 0 radical (unpaired) electrons. The highest BCUT2D eigenvalue weighted by Crippen LogP contribution is 2.28. The van der Waals surface area contributed by atoms with E-state index in [4.69, 9.17) is 0 Å². The number of aromatic nitrogens is 2. The molecule has 0 aliphatic rings. The Labute approximate surface area is 128 Å². The van der Waals surface area contributed by atoms with Gasteiger partial charge < -0.3 is 5.11 Å². The summed E-state index contributed by atoms with van der Waals surface area (Å²) in [4.78, 5) is 11.4. The van der Waals surface area contributed by atoms with Gasteiger partial charge in [0.2, 0.25) is 0 Å². The summed E-state index contributed by atoms with van der Waals surface area (Å²) in [6.07, 6.45) is 3.61. The number of rotatable bonds is 3. The average molecular weight is 292 g/mol. The molecule has 0 saturated carbocycles. The second-order valence-electron chi connectivity index (χ2n) is 5.37. The maximum atomic E-state index is 11.4. The molecule has 3 aromatic rings. The molecule has 3 rings (SSSR count). The highest BCUT2D eigenvalue weighted by atomic mass is 16.4. The molecule has 0 saturated heterocycles. The van der Waals surface area contributed by atoms with E-state index in [1.807, 2.05) is 50.5 Å². The first-order valence-electron chi connectivity index (χ1n) is 6.97. The van der Waals surface area contributed by atoms with Crippen molar-refractivity contribution in [2.24, 2.45) is 7.05 Å². The number of carboxylic acid groups (broad SMARTS) is 1. The lowest BCUT2D eigenvalue weighted by Crippen LogP contribution is -1.97. The number of hydrogen-bond donors (Lipinski definition) is 1. The monoisotopic (exact) mass is 292 g/mol. The Morgan fingerprint density at radius 2 is 1.64 bits per heavy atom. The molecule has 1 N–H and O–H groups in total. The zero-order valence-electron chi connectivity index (χ0n) is 12.4. The van der Waals surface area contributed by atoms with Gasteiger partial charge in [-0.3, -0.25) is 4.68 Å². The van der Waals surface area contributed by atoms with E-state index < -0.39 is 5.97 Å². The Bertz CT molecular complexity index is 833. The van der Waals surface area contributed by atoms with Crippen LogP contribution in [-0.4, -0.2) is 20.9 Å². The molecule has 0 unspecified atom stereocenters. The molecule has 0 bridgehead atoms. The normalized spacial score (nSPS) is 10.6. The van der Waals surface area contributed by atoms with Crippen molar-refractivity contribution < 1.29 is 9.90 Å². The summed E-state index contributed by atoms with van der Waals surface area (Å²) < 4.78 is 1.70. The minimum Gasteiger partial charge on any atom is -0.478 e. The van der Waals surface area contributed by atoms with Crippen LogP contribution in [0.1, 0.15) is 15.9 Å². The van der Waals surface area contributed by atoms with Crippen LogP contribution in [0.2, 0.25) is 0 Å². The molecule has 0 aliphatic carbocycles. The summed E-state index contributed by atoms with van der Waals surface area (Å²) in [5.41, 5.74) is 5.09. The Morgan fingerprint density at radius 1 is 1.00 bits per heavy atom. The van der Waals surface area contributed by atoms with Crippen LogP contribution >= 0.6 is 0 Å². The number of aryl methyl sites for hydroxylation is 2. The Kier molecular flexibility index (Phi) is 3.51. The maximum absolute atomic E-state index is 11.4. The highest BCUT2D eigenvalue weighted by molar-refractivity contribution is 5.92. The lowest BCUT2D eigenvalue weighted by molar-refractivity contribution is 0.0697. The van der Waals surface area contributed by atoms with E-state index in [2.05, 4.69) is 5.10 Å². The summed E-state index contributed by atoms with van der Waals surface area (Å²) >= 11 is 0. The average Bonchev–Trinajstić information content (AvgIpc) is 2.94. The molecular weight excluding hydrogens is 276 g/mol. The summed E-state index contributed by atoms with van der Waals surface area (Å²) in [6.45, 7) is 2.03. The van der Waals surface area contributed by atoms with Crippen molar-refractivity contribution in [3.05, 3.63) is 66.0 Å². The minimum atomic E-state index is -0.931. The highest BCUT2D eigenvalue weighted by Gasteiger charge is 2.10. The van der Waals surface area contributed by atoms with Crippen LogP contribution in [-0.2, 0) is 7.05 Å². The second kappa shape index (κ2) is 5.48. The third kappa shape index (κ3) is 2.76. The van der Waals surface area contributed by atoms with Gasteiger partial charge in [0.05, 0.1) is 11.8 Å². The second-order valence-corrected chi connectivity index (χ2v) is 5.37. The predicted molar refractivity (Wildman–Crippen MR) is 85.8 cm³/mol. The van der Waals surface area contributed by atoms with Crippen LogP contribution < -0.4 is 0 Å². The number of carbonyl (C=O) groups is 1. The zero-order valence-corrected chi connectivity index (χ0v) is 12.4. The lowest BCUT2D eigenvalue weighted by atomic mass is 9.97. The van der Waals surface area contributed by atoms with E-state index in [0.29, 0.717) is 0 Å². The maximum Gasteiger partial charge on any atom is 0.335 e. The summed E-state index contributed by atoms with van der Waals surface area (Å²) in [6, 6.07) is 13.4. The van der Waals surface area contributed by atoms with Crippen LogP contribution in [0.4, 0.5) is 0 Å². The Morgan fingerprint density at radius 3 is 2.18 bits per heavy atom. The third-order valence-corrected chi connectivity index (χ3v) is 3.60. The van der Waals surface area contributed by atoms with Gasteiger partial charge in [0.25, 0.3) is 0 Å². The van der Waals surface area contributed by atoms with E-state index in [-0.39, 0.29) is 5.56 Å². The number of nitrogens with zero attached hydrogens (tertiary/aromatic N) is 2. The molecule has 4 nitrogen and oxygen atoms in total. The van der Waals surface area contributed by atoms with Gasteiger partial charge in [-0.2, -0.15) is 5.10 Å². The Hall–Kier alpha value is -2.88. The first-order valence-corrected chi connectivity index (χ1v) is 6.97. The molecule has 0 fully saturated rings. The van der Waals surface area contributed by atoms with E-state index in [1.54, 1.807) is 23.0 Å². The molecule has 4 heteroatoms. The van der Waals surface area contributed by atoms with Crippen molar-refractivity contribution >= 4 is 5.97 Å². The quantitative estimate of drug-likeness (QED) is 0.799. The van der Waals surface area contributed by atoms with Gasteiger partial charge in [0.15, 0.2) is 0 Å². The molecule has 0 spiro atoms. The number of aromatic carboxylic acids is 1. The van der Waals surface area contributed by atoms with Crippen molar-refractivity contribution in [1.82, 2.24) is 9.78 Å². The molecule has 22 heavy (non-hydrogen) atoms. The van der Waals surface area contributed by atoms with Gasteiger partial charge in [0, 0.05) is 18.8 Å². The molecule has 0 aliphatic heterocycles. The standard InChI is InChI=1S/C18H16N2O2/c1-12-3-5-13(6-4-12)14-7-15(9-16(8-14)18(21)22)17-10-19-20(2)11-17/h3-11H,1-2H3,(H,21,22). The zero-order chi connectivity index (χ0) is 15.7. The van der Waals surface area contributed by atoms with Crippen LogP contribution in [0.5, 0.6) is 0 Å². The van der Waals surface area contributed by atoms with Crippen LogP contribution in [0.25, 0.3) is 22.3 Å². The van der Waals surface area contributed by atoms with Gasteiger partial charge in [-0.15, -0.1) is 0 Å². The largest absolute Gasteiger partial charge is 0.478 e. The lowest BCUT2D eigenvalue weighted by Gasteiger charge is -2.07. The van der Waals surface area contributed by atoms with Crippen LogP contribution in [0.15, 0.2) is 54.9 Å². The van der Waals surface area contributed by atoms with E-state index in [0.717, 1.165) is 22.3 Å². The summed E-state index contributed by atoms with van der Waals surface area (Å²) in [5, 5.41) is 13.5. The predicted octanol–water partition coefficient (Wildman–Crippen LogP) is 3.76. The van der Waals surface area contributed by atoms with Crippen LogP contribution in [0.3, 0.4) is 0 Å². The fraction of sp³-hybridized carbons (Fsp3) is 0.111. The number of benzene rings is 2. The topological polar surface area (TPSA) is 55.1 Å². The molecule has 1 heterocycles. The smallest absolute Gasteiger partial charge is 0.335 e. The van der Waals surface area contributed by atoms with E-state index in [9.17, 15) is 9.90 Å². The summed E-state index contributed by atoms with van der Waals surface area (Å²) in [5.74, 6) is -0.931. The van der Waals surface area contributed by atoms with Gasteiger partial charge in [-0.25, -0.2) is 4.79 Å². The van der Waals surface area contributed by atoms with Crippen molar-refractivity contribution in [1.29, 1.82) is 0 Å². The SMILES string of the molecule is Cc1ccc(-c2cc(C(=O)O)cc(-c3cnn(C)c3)c2)cc1. The van der Waals surface area contributed by atoms with Gasteiger partial charge in [-0.1, -0.05) is 29.8 Å².